The molecule has 0 atom stereocenters. The second-order valence-electron chi connectivity index (χ2n) is 4.52. The molecule has 0 aliphatic carbocycles. The van der Waals surface area contributed by atoms with Crippen LogP contribution in [0.3, 0.4) is 0 Å². The Morgan fingerprint density at radius 2 is 1.53 bits per heavy atom. The largest absolute Gasteiger partial charge is 0.390 e. The van der Waals surface area contributed by atoms with Crippen molar-refractivity contribution in [2.75, 3.05) is 0 Å². The number of Topliss-reactive ketones (excluding diaryl/α,β-unsaturated/α-hetero) is 1. The van der Waals surface area contributed by atoms with Gasteiger partial charge >= 0.3 is 0 Å². The van der Waals surface area contributed by atoms with E-state index in [0.717, 1.165) is 5.57 Å². The van der Waals surface area contributed by atoms with Gasteiger partial charge in [-0.05, 0) is 47.6 Å². The Morgan fingerprint density at radius 3 is 1.53 bits per heavy atom. The fourth-order valence-corrected chi connectivity index (χ4v) is 1.02. The van der Waals surface area contributed by atoms with Gasteiger partial charge in [0.1, 0.15) is 5.78 Å². The summed E-state index contributed by atoms with van der Waals surface area (Å²) in [7, 11) is 0. The molecule has 15 heavy (non-hydrogen) atoms. The molecule has 0 spiro atoms. The molecule has 3 heteroatoms. The Bertz CT molecular complexity index is 240. The number of hydrogen-bond donors (Lipinski definition) is 1. The third kappa shape index (κ3) is 24.6. The molecule has 0 amide bonds. The fraction of sp³-hybridized carbons (Fsp3) is 0.667. The monoisotopic (exact) mass is 214 g/mol. The Balaban J connectivity index is 0. The quantitative estimate of drug-likeness (QED) is 0.733. The molecule has 0 bridgehead atoms. The van der Waals surface area contributed by atoms with Crippen molar-refractivity contribution in [3.63, 3.8) is 0 Å². The van der Waals surface area contributed by atoms with Gasteiger partial charge in [0.2, 0.25) is 0 Å². The van der Waals surface area contributed by atoms with Gasteiger partial charge in [-0.2, -0.15) is 0 Å². The summed E-state index contributed by atoms with van der Waals surface area (Å²) in [6.45, 7) is 10.1. The van der Waals surface area contributed by atoms with E-state index in [2.05, 4.69) is 0 Å². The number of rotatable bonds is 3. The molecule has 0 aromatic carbocycles. The lowest BCUT2D eigenvalue weighted by Crippen LogP contribution is -2.21. The molecule has 0 saturated carbocycles. The van der Waals surface area contributed by atoms with Crippen LogP contribution in [0.2, 0.25) is 0 Å². The highest BCUT2D eigenvalue weighted by atomic mass is 16.3. The van der Waals surface area contributed by atoms with Gasteiger partial charge < -0.3 is 5.11 Å². The highest BCUT2D eigenvalue weighted by molar-refractivity contribution is 5.87. The molecule has 0 radical (unpaired) electrons. The second kappa shape index (κ2) is 7.35. The Hall–Kier alpha value is -0.960. The maximum atomic E-state index is 10.3. The molecule has 0 aromatic rings. The third-order valence-corrected chi connectivity index (χ3v) is 1.17. The normalized spacial score (nSPS) is 9.80. The van der Waals surface area contributed by atoms with Crippen LogP contribution in [0.15, 0.2) is 11.6 Å². The molecule has 88 valence electrons. The van der Waals surface area contributed by atoms with Crippen LogP contribution in [0.4, 0.5) is 0 Å². The average Bonchev–Trinajstić information content (AvgIpc) is 1.76. The summed E-state index contributed by atoms with van der Waals surface area (Å²) in [5, 5.41) is 8.97. The van der Waals surface area contributed by atoms with Crippen LogP contribution in [0.25, 0.3) is 0 Å². The van der Waals surface area contributed by atoms with E-state index in [1.165, 1.54) is 6.92 Å². The van der Waals surface area contributed by atoms with E-state index in [1.807, 2.05) is 13.8 Å². The standard InChI is InChI=1S/C6H12O2.C6H10O/c1-5(7)4-6(2,3)8;1-5(2)4-6(3)7/h8H,4H2,1-3H3;4H,1-3H3. The first-order chi connectivity index (χ1) is 6.54. The first-order valence-corrected chi connectivity index (χ1v) is 4.92. The lowest BCUT2D eigenvalue weighted by Gasteiger charge is -2.13. The van der Waals surface area contributed by atoms with Gasteiger partial charge in [0.05, 0.1) is 5.60 Å². The average molecular weight is 214 g/mol. The molecule has 0 aromatic heterocycles. The van der Waals surface area contributed by atoms with E-state index < -0.39 is 5.60 Å². The van der Waals surface area contributed by atoms with E-state index in [-0.39, 0.29) is 18.0 Å². The van der Waals surface area contributed by atoms with Gasteiger partial charge in [-0.25, -0.2) is 0 Å². The summed E-state index contributed by atoms with van der Waals surface area (Å²) >= 11 is 0. The molecule has 0 heterocycles. The number of hydrogen-bond acceptors (Lipinski definition) is 3. The fourth-order valence-electron chi connectivity index (χ4n) is 1.02. The van der Waals surface area contributed by atoms with Gasteiger partial charge in [-0.15, -0.1) is 0 Å². The van der Waals surface area contributed by atoms with Gasteiger partial charge in [0.15, 0.2) is 5.78 Å². The molecular formula is C12H22O3. The molecule has 1 N–H and O–H groups in total. The zero-order valence-electron chi connectivity index (χ0n) is 10.5. The van der Waals surface area contributed by atoms with E-state index in [1.54, 1.807) is 26.8 Å². The highest BCUT2D eigenvalue weighted by Crippen LogP contribution is 2.06. The van der Waals surface area contributed by atoms with E-state index in [4.69, 9.17) is 5.11 Å². The van der Waals surface area contributed by atoms with Gasteiger partial charge in [0.25, 0.3) is 0 Å². The number of aliphatic hydroxyl groups is 1. The minimum atomic E-state index is -0.828. The van der Waals surface area contributed by atoms with Crippen LogP contribution in [0.1, 0.15) is 48.0 Å². The molecule has 0 aliphatic heterocycles. The van der Waals surface area contributed by atoms with Crippen molar-refractivity contribution >= 4 is 11.6 Å². The summed E-state index contributed by atoms with van der Waals surface area (Å²) in [4.78, 5) is 20.5. The summed E-state index contributed by atoms with van der Waals surface area (Å²) in [6.07, 6.45) is 1.85. The predicted molar refractivity (Wildman–Crippen MR) is 61.7 cm³/mol. The topological polar surface area (TPSA) is 54.4 Å². The van der Waals surface area contributed by atoms with Crippen molar-refractivity contribution < 1.29 is 14.7 Å². The molecule has 0 aliphatic rings. The van der Waals surface area contributed by atoms with Crippen LogP contribution < -0.4 is 0 Å². The van der Waals surface area contributed by atoms with Crippen LogP contribution in [0.5, 0.6) is 0 Å². The minimum absolute atomic E-state index is 0.0255. The van der Waals surface area contributed by atoms with E-state index in [0.29, 0.717) is 0 Å². The summed E-state index contributed by atoms with van der Waals surface area (Å²) in [5.74, 6) is 0.150. The number of allylic oxidation sites excluding steroid dienone is 2. The Morgan fingerprint density at radius 1 is 1.13 bits per heavy atom. The third-order valence-electron chi connectivity index (χ3n) is 1.17. The lowest BCUT2D eigenvalue weighted by molar-refractivity contribution is -0.120. The molecule has 3 nitrogen and oxygen atoms in total. The molecular weight excluding hydrogens is 192 g/mol. The Labute approximate surface area is 92.2 Å². The second-order valence-corrected chi connectivity index (χ2v) is 4.52. The number of ketones is 2. The maximum absolute atomic E-state index is 10.3. The highest BCUT2D eigenvalue weighted by Gasteiger charge is 2.13. The first-order valence-electron chi connectivity index (χ1n) is 4.92. The van der Waals surface area contributed by atoms with Crippen LogP contribution in [0, 0.1) is 0 Å². The van der Waals surface area contributed by atoms with Crippen LogP contribution in [-0.2, 0) is 9.59 Å². The molecule has 0 unspecified atom stereocenters. The van der Waals surface area contributed by atoms with Crippen molar-refractivity contribution in [2.45, 2.75) is 53.6 Å². The summed E-state index contributed by atoms with van der Waals surface area (Å²) in [5.41, 5.74) is 0.235. The van der Waals surface area contributed by atoms with Crippen molar-refractivity contribution in [1.29, 1.82) is 0 Å². The Kier molecular flexibility index (Phi) is 8.07. The summed E-state index contributed by atoms with van der Waals surface area (Å²) in [6, 6.07) is 0. The maximum Gasteiger partial charge on any atom is 0.152 e. The van der Waals surface area contributed by atoms with Crippen LogP contribution >= 0.6 is 0 Å². The van der Waals surface area contributed by atoms with Crippen molar-refractivity contribution in [1.82, 2.24) is 0 Å². The van der Waals surface area contributed by atoms with Crippen molar-refractivity contribution in [3.8, 4) is 0 Å². The minimum Gasteiger partial charge on any atom is -0.390 e. The SMILES string of the molecule is CC(=O)C=C(C)C.CC(=O)CC(C)(C)O. The lowest BCUT2D eigenvalue weighted by atomic mass is 10.0. The van der Waals surface area contributed by atoms with Gasteiger partial charge in [-0.3, -0.25) is 9.59 Å². The van der Waals surface area contributed by atoms with Gasteiger partial charge in [0, 0.05) is 6.42 Å². The van der Waals surface area contributed by atoms with Crippen molar-refractivity contribution in [3.05, 3.63) is 11.6 Å². The zero-order valence-corrected chi connectivity index (χ0v) is 10.5. The number of carbonyl (C=O) groups excluding carboxylic acids is 2. The predicted octanol–water partition coefficient (Wildman–Crippen LogP) is 2.28. The summed E-state index contributed by atoms with van der Waals surface area (Å²) < 4.78 is 0. The molecule has 0 rings (SSSR count). The van der Waals surface area contributed by atoms with E-state index in [9.17, 15) is 9.59 Å². The van der Waals surface area contributed by atoms with Crippen molar-refractivity contribution in [2.24, 2.45) is 0 Å². The van der Waals surface area contributed by atoms with Gasteiger partial charge in [-0.1, -0.05) is 5.57 Å². The number of carbonyl (C=O) groups is 2. The molecule has 0 fully saturated rings. The first kappa shape index (κ1) is 16.5. The zero-order chi connectivity index (χ0) is 12.6. The van der Waals surface area contributed by atoms with Crippen LogP contribution in [-0.4, -0.2) is 22.3 Å². The smallest absolute Gasteiger partial charge is 0.152 e. The molecule has 0 saturated heterocycles. The van der Waals surface area contributed by atoms with E-state index >= 15 is 0 Å².